The minimum absolute atomic E-state index is 0.355. The van der Waals surface area contributed by atoms with E-state index in [-0.39, 0.29) is 5.82 Å². The van der Waals surface area contributed by atoms with Crippen LogP contribution < -0.4 is 0 Å². The van der Waals surface area contributed by atoms with Crippen LogP contribution in [-0.4, -0.2) is 24.9 Å². The molecular formula is C20H15ClFN5OS. The number of hydrogen-bond acceptors (Lipinski definition) is 6. The van der Waals surface area contributed by atoms with E-state index >= 15 is 0 Å². The van der Waals surface area contributed by atoms with Crippen molar-refractivity contribution < 1.29 is 8.91 Å². The van der Waals surface area contributed by atoms with Crippen LogP contribution in [0.2, 0.25) is 5.02 Å². The van der Waals surface area contributed by atoms with Gasteiger partial charge in [0, 0.05) is 17.1 Å². The molecule has 0 fully saturated rings. The van der Waals surface area contributed by atoms with Crippen LogP contribution in [-0.2, 0) is 12.3 Å². The summed E-state index contributed by atoms with van der Waals surface area (Å²) in [7, 11) is 0. The first-order valence-corrected chi connectivity index (χ1v) is 10.0. The zero-order valence-electron chi connectivity index (χ0n) is 15.1. The van der Waals surface area contributed by atoms with Gasteiger partial charge in [0.05, 0.1) is 11.3 Å². The van der Waals surface area contributed by atoms with Gasteiger partial charge in [0.1, 0.15) is 5.82 Å². The molecule has 2 aromatic heterocycles. The Morgan fingerprint density at radius 2 is 1.93 bits per heavy atom. The highest BCUT2D eigenvalue weighted by Crippen LogP contribution is 2.28. The predicted octanol–water partition coefficient (Wildman–Crippen LogP) is 5.27. The molecule has 0 spiro atoms. The minimum Gasteiger partial charge on any atom is -0.338 e. The summed E-state index contributed by atoms with van der Waals surface area (Å²) < 4.78 is 21.3. The first kappa shape index (κ1) is 19.4. The molecule has 0 aliphatic rings. The minimum atomic E-state index is -0.355. The van der Waals surface area contributed by atoms with Crippen molar-refractivity contribution in [2.75, 3.05) is 0 Å². The lowest BCUT2D eigenvalue weighted by atomic mass is 10.2. The van der Waals surface area contributed by atoms with Crippen LogP contribution in [0, 0.1) is 5.82 Å². The molecule has 2 aromatic carbocycles. The maximum absolute atomic E-state index is 14.2. The van der Waals surface area contributed by atoms with Gasteiger partial charge in [0.2, 0.25) is 11.7 Å². The van der Waals surface area contributed by atoms with Gasteiger partial charge in [0.25, 0.3) is 0 Å². The fraction of sp³-hybridized carbons (Fsp3) is 0.100. The smallest absolute Gasteiger partial charge is 0.237 e. The standard InChI is InChI=1S/C20H15ClFN5OS/c1-2-11-27-19(15-5-3-4-6-16(15)22)24-25-20(27)29-12-17-23-18(26-28-17)13-7-9-14(21)10-8-13/h2-10H,1,11-12H2. The Kier molecular flexibility index (Phi) is 5.73. The molecular weight excluding hydrogens is 413 g/mol. The molecule has 0 atom stereocenters. The molecule has 4 rings (SSSR count). The summed E-state index contributed by atoms with van der Waals surface area (Å²) in [6, 6.07) is 13.6. The second kappa shape index (κ2) is 8.59. The number of aromatic nitrogens is 5. The molecule has 0 saturated carbocycles. The van der Waals surface area contributed by atoms with E-state index in [0.717, 1.165) is 5.56 Å². The second-order valence-electron chi connectivity index (χ2n) is 5.99. The molecule has 0 unspecified atom stereocenters. The summed E-state index contributed by atoms with van der Waals surface area (Å²) in [4.78, 5) is 4.40. The van der Waals surface area contributed by atoms with Gasteiger partial charge in [-0.05, 0) is 36.4 Å². The van der Waals surface area contributed by atoms with E-state index in [0.29, 0.717) is 45.6 Å². The van der Waals surface area contributed by atoms with E-state index < -0.39 is 0 Å². The molecule has 146 valence electrons. The van der Waals surface area contributed by atoms with E-state index in [1.165, 1.54) is 17.8 Å². The van der Waals surface area contributed by atoms with Crippen molar-refractivity contribution >= 4 is 23.4 Å². The molecule has 4 aromatic rings. The van der Waals surface area contributed by atoms with Crippen LogP contribution in [0.1, 0.15) is 5.89 Å². The Hall–Kier alpha value is -2.97. The third-order valence-corrected chi connectivity index (χ3v) is 5.24. The van der Waals surface area contributed by atoms with Crippen molar-refractivity contribution in [1.82, 2.24) is 24.9 Å². The molecule has 0 aliphatic carbocycles. The summed E-state index contributed by atoms with van der Waals surface area (Å²) in [6.07, 6.45) is 1.71. The van der Waals surface area contributed by atoms with E-state index in [2.05, 4.69) is 26.9 Å². The van der Waals surface area contributed by atoms with Crippen molar-refractivity contribution in [3.8, 4) is 22.8 Å². The Bertz CT molecular complexity index is 1140. The van der Waals surface area contributed by atoms with Crippen LogP contribution >= 0.6 is 23.4 Å². The number of rotatable bonds is 7. The quantitative estimate of drug-likeness (QED) is 0.296. The SMILES string of the molecule is C=CCn1c(SCc2nc(-c3ccc(Cl)cc3)no2)nnc1-c1ccccc1F. The molecule has 9 heteroatoms. The number of thioether (sulfide) groups is 1. The molecule has 0 aliphatic heterocycles. The molecule has 0 N–H and O–H groups in total. The average Bonchev–Trinajstić information content (AvgIpc) is 3.35. The average molecular weight is 428 g/mol. The summed E-state index contributed by atoms with van der Waals surface area (Å²) in [5, 5.41) is 13.6. The highest BCUT2D eigenvalue weighted by molar-refractivity contribution is 7.98. The summed E-state index contributed by atoms with van der Waals surface area (Å²) >= 11 is 7.28. The van der Waals surface area contributed by atoms with Gasteiger partial charge in [-0.2, -0.15) is 4.98 Å². The first-order valence-electron chi connectivity index (χ1n) is 8.66. The number of hydrogen-bond donors (Lipinski definition) is 0. The fourth-order valence-corrected chi connectivity index (χ4v) is 3.60. The number of halogens is 2. The predicted molar refractivity (Wildman–Crippen MR) is 110 cm³/mol. The zero-order valence-corrected chi connectivity index (χ0v) is 16.7. The van der Waals surface area contributed by atoms with Crippen LogP contribution in [0.25, 0.3) is 22.8 Å². The maximum Gasteiger partial charge on any atom is 0.237 e. The van der Waals surface area contributed by atoms with Gasteiger partial charge >= 0.3 is 0 Å². The van der Waals surface area contributed by atoms with Gasteiger partial charge in [-0.3, -0.25) is 4.57 Å². The summed E-state index contributed by atoms with van der Waals surface area (Å²) in [5.74, 6) is 1.41. The Morgan fingerprint density at radius 3 is 2.69 bits per heavy atom. The van der Waals surface area contributed by atoms with Gasteiger partial charge in [-0.15, -0.1) is 16.8 Å². The lowest BCUT2D eigenvalue weighted by Gasteiger charge is -2.07. The van der Waals surface area contributed by atoms with Crippen molar-refractivity contribution in [2.45, 2.75) is 17.5 Å². The van der Waals surface area contributed by atoms with E-state index in [1.807, 2.05) is 12.1 Å². The van der Waals surface area contributed by atoms with Gasteiger partial charge in [-0.25, -0.2) is 4.39 Å². The van der Waals surface area contributed by atoms with Crippen LogP contribution in [0.15, 0.2) is 70.9 Å². The normalized spacial score (nSPS) is 11.0. The van der Waals surface area contributed by atoms with E-state index in [1.54, 1.807) is 41.0 Å². The highest BCUT2D eigenvalue weighted by Gasteiger charge is 2.17. The Balaban J connectivity index is 1.54. The topological polar surface area (TPSA) is 69.6 Å². The van der Waals surface area contributed by atoms with Crippen LogP contribution in [0.3, 0.4) is 0 Å². The largest absolute Gasteiger partial charge is 0.338 e. The summed E-state index contributed by atoms with van der Waals surface area (Å²) in [5.41, 5.74) is 1.20. The van der Waals surface area contributed by atoms with Crippen molar-refractivity contribution in [3.05, 3.63) is 77.9 Å². The fourth-order valence-electron chi connectivity index (χ4n) is 2.69. The molecule has 29 heavy (non-hydrogen) atoms. The molecule has 6 nitrogen and oxygen atoms in total. The first-order chi connectivity index (χ1) is 14.2. The van der Waals surface area contributed by atoms with Gasteiger partial charge < -0.3 is 4.52 Å². The van der Waals surface area contributed by atoms with E-state index in [9.17, 15) is 4.39 Å². The van der Waals surface area contributed by atoms with Gasteiger partial charge in [0.15, 0.2) is 11.0 Å². The molecule has 2 heterocycles. The maximum atomic E-state index is 14.2. The van der Waals surface area contributed by atoms with Crippen LogP contribution in [0.5, 0.6) is 0 Å². The van der Waals surface area contributed by atoms with E-state index in [4.69, 9.17) is 16.1 Å². The molecule has 0 amide bonds. The second-order valence-corrected chi connectivity index (χ2v) is 7.37. The zero-order chi connectivity index (χ0) is 20.2. The molecule has 0 radical (unpaired) electrons. The lowest BCUT2D eigenvalue weighted by Crippen LogP contribution is -2.01. The summed E-state index contributed by atoms with van der Waals surface area (Å²) in [6.45, 7) is 4.21. The molecule has 0 saturated heterocycles. The Morgan fingerprint density at radius 1 is 1.14 bits per heavy atom. The number of benzene rings is 2. The Labute approximate surface area is 175 Å². The van der Waals surface area contributed by atoms with Crippen molar-refractivity contribution in [2.24, 2.45) is 0 Å². The monoisotopic (exact) mass is 427 g/mol. The van der Waals surface area contributed by atoms with Crippen molar-refractivity contribution in [3.63, 3.8) is 0 Å². The third kappa shape index (κ3) is 4.23. The third-order valence-electron chi connectivity index (χ3n) is 4.04. The van der Waals surface area contributed by atoms with Gasteiger partial charge in [-0.1, -0.05) is 46.7 Å². The van der Waals surface area contributed by atoms with Crippen molar-refractivity contribution in [1.29, 1.82) is 0 Å². The van der Waals surface area contributed by atoms with Crippen LogP contribution in [0.4, 0.5) is 4.39 Å². The number of allylic oxidation sites excluding steroid dienone is 1. The molecule has 0 bridgehead atoms. The highest BCUT2D eigenvalue weighted by atomic mass is 35.5. The number of nitrogens with zero attached hydrogens (tertiary/aromatic N) is 5. The lowest BCUT2D eigenvalue weighted by molar-refractivity contribution is 0.391.